The molecule has 3 aromatic heterocycles. The van der Waals surface area contributed by atoms with Crippen LogP contribution in [0.25, 0.3) is 16.9 Å². The first-order valence-corrected chi connectivity index (χ1v) is 12.1. The van der Waals surface area contributed by atoms with E-state index in [2.05, 4.69) is 51.1 Å². The van der Waals surface area contributed by atoms with Crippen LogP contribution in [-0.4, -0.2) is 71.3 Å². The zero-order valence-corrected chi connectivity index (χ0v) is 22.1. The van der Waals surface area contributed by atoms with Crippen molar-refractivity contribution in [3.8, 4) is 11.3 Å². The van der Waals surface area contributed by atoms with Gasteiger partial charge in [0.15, 0.2) is 5.65 Å². The van der Waals surface area contributed by atoms with Gasteiger partial charge in [-0.15, -0.1) is 0 Å². The summed E-state index contributed by atoms with van der Waals surface area (Å²) in [7, 11) is 0. The molecule has 0 aliphatic heterocycles. The highest BCUT2D eigenvalue weighted by Gasteiger charge is 2.17. The molecule has 0 saturated heterocycles. The lowest BCUT2D eigenvalue weighted by Gasteiger charge is -2.15. The van der Waals surface area contributed by atoms with E-state index in [1.807, 2.05) is 42.5 Å². The average Bonchev–Trinajstić information content (AvgIpc) is 3.40. The van der Waals surface area contributed by atoms with Gasteiger partial charge in [0.2, 0.25) is 11.9 Å². The molecule has 40 heavy (non-hydrogen) atoms. The molecule has 4 aromatic rings. The second kappa shape index (κ2) is 16.1. The van der Waals surface area contributed by atoms with Crippen LogP contribution in [0.5, 0.6) is 0 Å². The first-order valence-electron chi connectivity index (χ1n) is 12.1. The van der Waals surface area contributed by atoms with Crippen molar-refractivity contribution < 1.29 is 29.7 Å². The number of fused-ring (bicyclic) bond motifs is 1. The quantitative estimate of drug-likeness (QED) is 0.182. The third-order valence-corrected chi connectivity index (χ3v) is 5.33. The van der Waals surface area contributed by atoms with Crippen molar-refractivity contribution >= 4 is 29.7 Å². The Morgan fingerprint density at radius 1 is 1.10 bits per heavy atom. The number of rotatable bonds is 10. The minimum absolute atomic E-state index is 0.229. The smallest absolute Gasteiger partial charge is 0.373 e. The minimum Gasteiger partial charge on any atom is -0.478 e. The van der Waals surface area contributed by atoms with E-state index >= 15 is 0 Å². The van der Waals surface area contributed by atoms with Crippen molar-refractivity contribution in [3.05, 3.63) is 78.6 Å². The molecule has 4 rings (SSSR count). The van der Waals surface area contributed by atoms with Gasteiger partial charge in [-0.1, -0.05) is 50.8 Å². The van der Waals surface area contributed by atoms with Crippen molar-refractivity contribution in [2.75, 3.05) is 23.8 Å². The number of anilines is 2. The lowest BCUT2D eigenvalue weighted by Crippen LogP contribution is -2.29. The fraction of sp³-hybridized carbons (Fsp3) is 0.259. The molecule has 0 saturated carbocycles. The maximum atomic E-state index is 9.41. The second-order valence-corrected chi connectivity index (χ2v) is 8.46. The number of hydrogen-bond acceptors (Lipinski definition) is 11. The SMILES string of the molecule is C=CC(=O)O.CC(C)c1cnn2c(NCc3ccc(-c4ccccn4)cc3)nc(NC(CO)CO)nc12.O=C=O. The molecule has 3 heterocycles. The summed E-state index contributed by atoms with van der Waals surface area (Å²) >= 11 is 0. The molecule has 0 bridgehead atoms. The first-order chi connectivity index (χ1) is 19.3. The van der Waals surface area contributed by atoms with E-state index < -0.39 is 12.0 Å². The van der Waals surface area contributed by atoms with Gasteiger partial charge in [0, 0.05) is 29.9 Å². The highest BCUT2D eigenvalue weighted by molar-refractivity contribution is 5.78. The predicted molar refractivity (Wildman–Crippen MR) is 146 cm³/mol. The summed E-state index contributed by atoms with van der Waals surface area (Å²) in [6.45, 7) is 7.19. The molecular formula is C27H31N7O6. The van der Waals surface area contributed by atoms with E-state index in [0.717, 1.165) is 28.5 Å². The highest BCUT2D eigenvalue weighted by Crippen LogP contribution is 2.23. The Morgan fingerprint density at radius 3 is 2.27 bits per heavy atom. The molecule has 5 N–H and O–H groups in total. The number of aliphatic hydroxyl groups is 2. The number of nitrogens with zero attached hydrogens (tertiary/aromatic N) is 5. The van der Waals surface area contributed by atoms with E-state index in [4.69, 9.17) is 14.7 Å². The van der Waals surface area contributed by atoms with Gasteiger partial charge < -0.3 is 26.0 Å². The third kappa shape index (κ3) is 9.10. The maximum Gasteiger partial charge on any atom is 0.373 e. The van der Waals surface area contributed by atoms with Gasteiger partial charge >= 0.3 is 12.1 Å². The topological polar surface area (TPSA) is 192 Å². The Kier molecular flexibility index (Phi) is 12.6. The normalized spacial score (nSPS) is 10.2. The van der Waals surface area contributed by atoms with Crippen molar-refractivity contribution in [3.63, 3.8) is 0 Å². The van der Waals surface area contributed by atoms with E-state index in [-0.39, 0.29) is 25.3 Å². The van der Waals surface area contributed by atoms with Gasteiger partial charge in [-0.25, -0.2) is 4.79 Å². The number of benzene rings is 1. The van der Waals surface area contributed by atoms with Gasteiger partial charge in [-0.3, -0.25) is 4.98 Å². The summed E-state index contributed by atoms with van der Waals surface area (Å²) in [5.74, 6) is 0.0903. The summed E-state index contributed by atoms with van der Waals surface area (Å²) < 4.78 is 1.68. The van der Waals surface area contributed by atoms with Crippen LogP contribution in [0.15, 0.2) is 67.5 Å². The molecule has 1 aromatic carbocycles. The number of carbonyl (C=O) groups excluding carboxylic acids is 2. The Balaban J connectivity index is 0.000000621. The number of aromatic nitrogens is 5. The molecule has 0 aliphatic carbocycles. The molecule has 210 valence electrons. The Morgan fingerprint density at radius 2 is 1.75 bits per heavy atom. The summed E-state index contributed by atoms with van der Waals surface area (Å²) in [5.41, 5.74) is 4.73. The maximum absolute atomic E-state index is 9.41. The van der Waals surface area contributed by atoms with Crippen LogP contribution in [-0.2, 0) is 20.9 Å². The van der Waals surface area contributed by atoms with Gasteiger partial charge in [0.25, 0.3) is 0 Å². The van der Waals surface area contributed by atoms with E-state index in [0.29, 0.717) is 24.1 Å². The molecular weight excluding hydrogens is 518 g/mol. The summed E-state index contributed by atoms with van der Waals surface area (Å²) in [6.07, 6.45) is 4.66. The molecule has 0 spiro atoms. The zero-order valence-electron chi connectivity index (χ0n) is 22.1. The van der Waals surface area contributed by atoms with Crippen LogP contribution in [0.4, 0.5) is 11.9 Å². The van der Waals surface area contributed by atoms with Crippen LogP contribution < -0.4 is 10.6 Å². The number of carboxylic acid groups (broad SMARTS) is 1. The van der Waals surface area contributed by atoms with Crippen molar-refractivity contribution in [1.82, 2.24) is 24.6 Å². The van der Waals surface area contributed by atoms with Crippen molar-refractivity contribution in [2.45, 2.75) is 32.4 Å². The van der Waals surface area contributed by atoms with Crippen molar-refractivity contribution in [2.24, 2.45) is 0 Å². The lowest BCUT2D eigenvalue weighted by atomic mass is 10.1. The molecule has 0 amide bonds. The van der Waals surface area contributed by atoms with Crippen molar-refractivity contribution in [1.29, 1.82) is 0 Å². The fourth-order valence-corrected chi connectivity index (χ4v) is 3.32. The lowest BCUT2D eigenvalue weighted by molar-refractivity contribution is -0.191. The monoisotopic (exact) mass is 549 g/mol. The number of aliphatic carboxylic acids is 1. The average molecular weight is 550 g/mol. The minimum atomic E-state index is -0.981. The molecule has 0 fully saturated rings. The number of hydrogen-bond donors (Lipinski definition) is 5. The zero-order chi connectivity index (χ0) is 29.5. The van der Waals surface area contributed by atoms with Gasteiger partial charge in [0.05, 0.1) is 31.1 Å². The number of aliphatic hydroxyl groups excluding tert-OH is 2. The van der Waals surface area contributed by atoms with Crippen LogP contribution in [0.3, 0.4) is 0 Å². The Labute approximate surface area is 230 Å². The first kappa shape index (κ1) is 31.2. The standard InChI is InChI=1S/C23H27N7O2.C3H4O2.CO2/c1-15(2)19-12-26-30-21(19)28-22(27-18(13-31)14-32)29-23(30)25-11-16-6-8-17(9-7-16)20-5-3-4-10-24-20;1-2-3(4)5;2-1-3/h3-10,12,15,18,31-32H,11,13-14H2,1-2H3,(H2,25,27,28,29);2H,1H2,(H,4,5);. The number of nitrogens with one attached hydrogen (secondary N) is 2. The summed E-state index contributed by atoms with van der Waals surface area (Å²) in [5, 5.41) is 37.2. The predicted octanol–water partition coefficient (Wildman–Crippen LogP) is 2.36. The fourth-order valence-electron chi connectivity index (χ4n) is 3.32. The van der Waals surface area contributed by atoms with Gasteiger partial charge in [-0.2, -0.15) is 29.2 Å². The van der Waals surface area contributed by atoms with Crippen LogP contribution in [0.2, 0.25) is 0 Å². The second-order valence-electron chi connectivity index (χ2n) is 8.46. The van der Waals surface area contributed by atoms with Crippen LogP contribution >= 0.6 is 0 Å². The molecule has 13 nitrogen and oxygen atoms in total. The molecule has 0 radical (unpaired) electrons. The molecule has 0 atom stereocenters. The van der Waals surface area contributed by atoms with E-state index in [1.54, 1.807) is 16.9 Å². The number of pyridine rings is 1. The molecule has 0 aliphatic rings. The third-order valence-electron chi connectivity index (χ3n) is 5.33. The van der Waals surface area contributed by atoms with Gasteiger partial charge in [0.1, 0.15) is 0 Å². The van der Waals surface area contributed by atoms with Crippen LogP contribution in [0, 0.1) is 0 Å². The Bertz CT molecular complexity index is 1400. The summed E-state index contributed by atoms with van der Waals surface area (Å²) in [4.78, 5) is 39.0. The van der Waals surface area contributed by atoms with E-state index in [1.165, 1.54) is 0 Å². The molecule has 0 unspecified atom stereocenters. The molecule has 13 heteroatoms. The largest absolute Gasteiger partial charge is 0.478 e. The number of carbonyl (C=O) groups is 1. The van der Waals surface area contributed by atoms with E-state index in [9.17, 15) is 15.0 Å². The number of carboxylic acids is 1. The highest BCUT2D eigenvalue weighted by atomic mass is 16.4. The summed E-state index contributed by atoms with van der Waals surface area (Å²) in [6, 6.07) is 13.5. The van der Waals surface area contributed by atoms with Crippen LogP contribution in [0.1, 0.15) is 30.9 Å². The Hall–Kier alpha value is -4.97. The van der Waals surface area contributed by atoms with Gasteiger partial charge in [-0.05, 0) is 23.6 Å².